The third-order valence-electron chi connectivity index (χ3n) is 3.49. The van der Waals surface area contributed by atoms with Crippen LogP contribution in [0.1, 0.15) is 55.1 Å². The summed E-state index contributed by atoms with van der Waals surface area (Å²) in [5.74, 6) is 0.545. The van der Waals surface area contributed by atoms with Gasteiger partial charge in [0.15, 0.2) is 0 Å². The van der Waals surface area contributed by atoms with E-state index in [0.29, 0.717) is 18.0 Å². The molecule has 1 amide bonds. The zero-order valence-electron chi connectivity index (χ0n) is 15.9. The van der Waals surface area contributed by atoms with Crippen molar-refractivity contribution >= 4 is 18.1 Å². The molecular weight excluding hydrogens is 330 g/mol. The average Bonchev–Trinajstić information content (AvgIpc) is 2.55. The average molecular weight is 357 g/mol. The summed E-state index contributed by atoms with van der Waals surface area (Å²) >= 11 is 0. The normalized spacial score (nSPS) is 10.1. The molecule has 0 spiro atoms. The topological polar surface area (TPSA) is 75.6 Å². The van der Waals surface area contributed by atoms with Gasteiger partial charge >= 0.3 is 5.97 Å². The number of benzene rings is 2. The number of rotatable bonds is 6. The molecule has 0 saturated carbocycles. The molecule has 5 nitrogen and oxygen atoms in total. The van der Waals surface area contributed by atoms with E-state index in [-0.39, 0.29) is 11.7 Å². The van der Waals surface area contributed by atoms with Crippen LogP contribution in [0.3, 0.4) is 0 Å². The van der Waals surface area contributed by atoms with Crippen LogP contribution in [0, 0.1) is 6.92 Å². The van der Waals surface area contributed by atoms with Gasteiger partial charge < -0.3 is 15.2 Å². The number of amides is 1. The Morgan fingerprint density at radius 1 is 1.12 bits per heavy atom. The van der Waals surface area contributed by atoms with E-state index in [1.165, 1.54) is 23.3 Å². The minimum absolute atomic E-state index is 0.154. The van der Waals surface area contributed by atoms with Crippen molar-refractivity contribution < 1.29 is 19.4 Å². The van der Waals surface area contributed by atoms with Gasteiger partial charge in [-0.05, 0) is 62.1 Å². The molecule has 0 aromatic heterocycles. The van der Waals surface area contributed by atoms with Crippen molar-refractivity contribution in [3.63, 3.8) is 0 Å². The molecule has 2 rings (SSSR count). The number of carbonyl (C=O) groups excluding carboxylic acids is 1. The molecular formula is C21H27NO4. The lowest BCUT2D eigenvalue weighted by atomic mass is 10.0. The first-order chi connectivity index (χ1) is 12.2. The van der Waals surface area contributed by atoms with Crippen LogP contribution in [0.15, 0.2) is 42.5 Å². The van der Waals surface area contributed by atoms with Gasteiger partial charge in [0.25, 0.3) is 0 Å². The zero-order chi connectivity index (χ0) is 19.7. The van der Waals surface area contributed by atoms with Gasteiger partial charge in [0.1, 0.15) is 5.75 Å². The van der Waals surface area contributed by atoms with Crippen molar-refractivity contribution in [2.24, 2.45) is 0 Å². The van der Waals surface area contributed by atoms with Gasteiger partial charge in [-0.2, -0.15) is 0 Å². The number of nitrogens with one attached hydrogen (secondary N) is 1. The van der Waals surface area contributed by atoms with Gasteiger partial charge in [-0.1, -0.05) is 32.0 Å². The Hall–Kier alpha value is -2.82. The highest BCUT2D eigenvalue weighted by molar-refractivity contribution is 5.89. The van der Waals surface area contributed by atoms with E-state index in [9.17, 15) is 9.59 Å². The smallest absolute Gasteiger partial charge is 0.335 e. The van der Waals surface area contributed by atoms with Crippen LogP contribution >= 0.6 is 0 Å². The molecule has 5 heteroatoms. The number of ether oxygens (including phenoxy) is 1. The van der Waals surface area contributed by atoms with E-state index >= 15 is 0 Å². The van der Waals surface area contributed by atoms with Crippen molar-refractivity contribution in [1.82, 2.24) is 0 Å². The summed E-state index contributed by atoms with van der Waals surface area (Å²) in [4.78, 5) is 20.4. The zero-order valence-corrected chi connectivity index (χ0v) is 15.9. The maximum Gasteiger partial charge on any atom is 0.335 e. The van der Waals surface area contributed by atoms with Crippen molar-refractivity contribution in [1.29, 1.82) is 0 Å². The largest absolute Gasteiger partial charge is 0.491 e. The number of carboxylic acid groups (broad SMARTS) is 1. The monoisotopic (exact) mass is 357 g/mol. The summed E-state index contributed by atoms with van der Waals surface area (Å²) in [5, 5.41) is 10.9. The maximum atomic E-state index is 10.4. The first kappa shape index (κ1) is 21.2. The fourth-order valence-corrected chi connectivity index (χ4v) is 2.28. The minimum Gasteiger partial charge on any atom is -0.491 e. The maximum absolute atomic E-state index is 10.4. The molecule has 0 atom stereocenters. The molecule has 140 valence electrons. The number of hydrogen-bond acceptors (Lipinski definition) is 3. The number of carbonyl (C=O) groups is 2. The van der Waals surface area contributed by atoms with Crippen molar-refractivity contribution in [2.75, 3.05) is 5.32 Å². The molecule has 0 unspecified atom stereocenters. The second-order valence-corrected chi connectivity index (χ2v) is 6.51. The molecule has 2 aromatic rings. The highest BCUT2D eigenvalue weighted by Gasteiger charge is 2.08. The predicted octanol–water partition coefficient (Wildman–Crippen LogP) is 4.86. The van der Waals surface area contributed by atoms with Crippen LogP contribution < -0.4 is 10.1 Å². The van der Waals surface area contributed by atoms with E-state index in [0.717, 1.165) is 5.75 Å². The predicted molar refractivity (Wildman–Crippen MR) is 104 cm³/mol. The van der Waals surface area contributed by atoms with Gasteiger partial charge in [0.2, 0.25) is 6.41 Å². The standard InChI is InChI=1S/C13H20O.C8H7NO3/c1-9(2)12-7-6-11(5)8-13(12)14-10(3)4;10-5-9-7-3-1-2-6(4-7)8(11)12/h6-10H,1-5H3;1-5H,(H,9,10)(H,11,12). The first-order valence-electron chi connectivity index (χ1n) is 8.55. The molecule has 0 aliphatic rings. The Bertz CT molecular complexity index is 739. The molecule has 26 heavy (non-hydrogen) atoms. The fourth-order valence-electron chi connectivity index (χ4n) is 2.28. The van der Waals surface area contributed by atoms with Crippen LogP contribution in [-0.2, 0) is 4.79 Å². The number of hydrogen-bond donors (Lipinski definition) is 2. The second kappa shape index (κ2) is 10.2. The van der Waals surface area contributed by atoms with Gasteiger partial charge in [-0.25, -0.2) is 4.79 Å². The molecule has 0 heterocycles. The molecule has 0 bridgehead atoms. The number of carboxylic acids is 1. The lowest BCUT2D eigenvalue weighted by Crippen LogP contribution is -2.08. The lowest BCUT2D eigenvalue weighted by molar-refractivity contribution is -0.105. The van der Waals surface area contributed by atoms with E-state index in [2.05, 4.69) is 58.1 Å². The Kier molecular flexibility index (Phi) is 8.35. The van der Waals surface area contributed by atoms with Crippen LogP contribution in [-0.4, -0.2) is 23.6 Å². The molecule has 0 saturated heterocycles. The summed E-state index contributed by atoms with van der Waals surface area (Å²) in [6, 6.07) is 12.4. The summed E-state index contributed by atoms with van der Waals surface area (Å²) in [5.41, 5.74) is 3.18. The molecule has 2 aromatic carbocycles. The summed E-state index contributed by atoms with van der Waals surface area (Å²) in [6.45, 7) is 10.6. The molecule has 0 radical (unpaired) electrons. The van der Waals surface area contributed by atoms with Crippen LogP contribution in [0.25, 0.3) is 0 Å². The summed E-state index contributed by atoms with van der Waals surface area (Å²) < 4.78 is 5.79. The Labute approximate surface area is 155 Å². The molecule has 2 N–H and O–H groups in total. The van der Waals surface area contributed by atoms with Gasteiger partial charge in [-0.15, -0.1) is 0 Å². The molecule has 0 aliphatic carbocycles. The Balaban J connectivity index is 0.000000263. The summed E-state index contributed by atoms with van der Waals surface area (Å²) in [6.07, 6.45) is 0.746. The lowest BCUT2D eigenvalue weighted by Gasteiger charge is -2.17. The Morgan fingerprint density at radius 3 is 2.35 bits per heavy atom. The van der Waals surface area contributed by atoms with Crippen molar-refractivity contribution in [3.8, 4) is 5.75 Å². The van der Waals surface area contributed by atoms with Crippen LogP contribution in [0.4, 0.5) is 5.69 Å². The number of aryl methyl sites for hydroxylation is 1. The highest BCUT2D eigenvalue weighted by Crippen LogP contribution is 2.28. The third kappa shape index (κ3) is 6.97. The SMILES string of the molecule is Cc1ccc(C(C)C)c(OC(C)C)c1.O=CNc1cccc(C(=O)O)c1. The van der Waals surface area contributed by atoms with Gasteiger partial charge in [0.05, 0.1) is 11.7 Å². The minimum atomic E-state index is -1.01. The van der Waals surface area contributed by atoms with Crippen molar-refractivity contribution in [2.45, 2.75) is 46.6 Å². The Morgan fingerprint density at radius 2 is 1.81 bits per heavy atom. The molecule has 0 aliphatic heterocycles. The van der Waals surface area contributed by atoms with E-state index < -0.39 is 5.97 Å². The third-order valence-corrected chi connectivity index (χ3v) is 3.49. The van der Waals surface area contributed by atoms with Gasteiger partial charge in [-0.3, -0.25) is 4.79 Å². The first-order valence-corrected chi connectivity index (χ1v) is 8.55. The van der Waals surface area contributed by atoms with Crippen molar-refractivity contribution in [3.05, 3.63) is 59.2 Å². The van der Waals surface area contributed by atoms with Crippen LogP contribution in [0.2, 0.25) is 0 Å². The quantitative estimate of drug-likeness (QED) is 0.724. The highest BCUT2D eigenvalue weighted by atomic mass is 16.5. The fraction of sp³-hybridized carbons (Fsp3) is 0.333. The number of anilines is 1. The van der Waals surface area contributed by atoms with E-state index in [4.69, 9.17) is 9.84 Å². The van der Waals surface area contributed by atoms with Crippen LogP contribution in [0.5, 0.6) is 5.75 Å². The van der Waals surface area contributed by atoms with Gasteiger partial charge in [0, 0.05) is 5.69 Å². The summed E-state index contributed by atoms with van der Waals surface area (Å²) in [7, 11) is 0. The molecule has 0 fully saturated rings. The second-order valence-electron chi connectivity index (χ2n) is 6.51. The van der Waals surface area contributed by atoms with E-state index in [1.807, 2.05) is 0 Å². The van der Waals surface area contributed by atoms with E-state index in [1.54, 1.807) is 12.1 Å². The number of aromatic carboxylic acids is 1.